The van der Waals surface area contributed by atoms with E-state index in [-0.39, 0.29) is 30.4 Å². The van der Waals surface area contributed by atoms with Crippen LogP contribution in [-0.2, 0) is 9.53 Å². The minimum Gasteiger partial charge on any atom is -0.484 e. The number of nitrogens with zero attached hydrogens (tertiary/aromatic N) is 2. The van der Waals surface area contributed by atoms with Crippen LogP contribution in [0.2, 0.25) is 0 Å². The summed E-state index contributed by atoms with van der Waals surface area (Å²) in [6.45, 7) is 5.27. The van der Waals surface area contributed by atoms with Crippen molar-refractivity contribution in [2.24, 2.45) is 0 Å². The first kappa shape index (κ1) is 20.6. The zero-order chi connectivity index (χ0) is 20.8. The lowest BCUT2D eigenvalue weighted by Gasteiger charge is -2.13. The van der Waals surface area contributed by atoms with Crippen LogP contribution in [0.4, 0.5) is 5.82 Å². The van der Waals surface area contributed by atoms with Gasteiger partial charge in [-0.15, -0.1) is 0 Å². The second kappa shape index (κ2) is 9.39. The first-order chi connectivity index (χ1) is 14.0. The summed E-state index contributed by atoms with van der Waals surface area (Å²) in [5.41, 5.74) is 8.75. The first-order valence-electron chi connectivity index (χ1n) is 9.80. The number of ether oxygens (including phenoxy) is 2. The van der Waals surface area contributed by atoms with Crippen LogP contribution >= 0.6 is 0 Å². The van der Waals surface area contributed by atoms with Crippen molar-refractivity contribution in [3.63, 3.8) is 0 Å². The maximum atomic E-state index is 11.9. The number of nitrogens with two attached hydrogens (primary N) is 1. The van der Waals surface area contributed by atoms with Crippen LogP contribution in [0.1, 0.15) is 43.9 Å². The fraction of sp³-hybridized carbons (Fsp3) is 0.409. The van der Waals surface area contributed by atoms with Gasteiger partial charge in [-0.1, -0.05) is 26.0 Å². The molecule has 2 aromatic rings. The molecule has 0 radical (unpaired) electrons. The van der Waals surface area contributed by atoms with Gasteiger partial charge in [-0.2, -0.15) is 5.26 Å². The summed E-state index contributed by atoms with van der Waals surface area (Å²) in [7, 11) is 0. The van der Waals surface area contributed by atoms with Crippen molar-refractivity contribution >= 4 is 11.7 Å². The Morgan fingerprint density at radius 3 is 2.79 bits per heavy atom. The molecule has 7 nitrogen and oxygen atoms in total. The maximum absolute atomic E-state index is 11.9. The van der Waals surface area contributed by atoms with E-state index < -0.39 is 0 Å². The molecule has 2 heterocycles. The second-order valence-electron chi connectivity index (χ2n) is 7.37. The number of aromatic nitrogens is 1. The highest BCUT2D eigenvalue weighted by Crippen LogP contribution is 2.30. The van der Waals surface area contributed by atoms with E-state index in [9.17, 15) is 10.1 Å². The van der Waals surface area contributed by atoms with E-state index in [1.54, 1.807) is 12.1 Å². The normalized spacial score (nSPS) is 15.9. The Hall–Kier alpha value is -3.11. The molecule has 1 amide bonds. The molecule has 1 fully saturated rings. The number of nitriles is 1. The van der Waals surface area contributed by atoms with Crippen LogP contribution < -0.4 is 15.8 Å². The highest BCUT2D eigenvalue weighted by Gasteiger charge is 2.17. The molecule has 1 unspecified atom stereocenters. The molecule has 0 spiro atoms. The fourth-order valence-corrected chi connectivity index (χ4v) is 3.19. The number of pyridine rings is 1. The minimum absolute atomic E-state index is 0.0603. The quantitative estimate of drug-likeness (QED) is 0.747. The van der Waals surface area contributed by atoms with Crippen molar-refractivity contribution in [2.45, 2.75) is 38.7 Å². The lowest BCUT2D eigenvalue weighted by Crippen LogP contribution is -2.35. The number of nitrogen functional groups attached to an aromatic ring is 1. The highest BCUT2D eigenvalue weighted by molar-refractivity contribution is 5.78. The van der Waals surface area contributed by atoms with Crippen LogP contribution in [0.15, 0.2) is 30.3 Å². The molecular formula is C22H26N4O3. The van der Waals surface area contributed by atoms with Crippen LogP contribution in [0, 0.1) is 11.3 Å². The van der Waals surface area contributed by atoms with Gasteiger partial charge in [-0.3, -0.25) is 4.79 Å². The summed E-state index contributed by atoms with van der Waals surface area (Å²) in [6.07, 6.45) is 2.13. The third-order valence-electron chi connectivity index (χ3n) is 4.86. The van der Waals surface area contributed by atoms with E-state index in [4.69, 9.17) is 15.2 Å². The average Bonchev–Trinajstić information content (AvgIpc) is 3.24. The van der Waals surface area contributed by atoms with Gasteiger partial charge in [0, 0.05) is 24.4 Å². The third-order valence-corrected chi connectivity index (χ3v) is 4.86. The molecule has 1 saturated heterocycles. The minimum atomic E-state index is -0.181. The summed E-state index contributed by atoms with van der Waals surface area (Å²) in [5.74, 6) is 0.821. The van der Waals surface area contributed by atoms with Gasteiger partial charge in [0.2, 0.25) is 0 Å². The van der Waals surface area contributed by atoms with Gasteiger partial charge in [-0.05, 0) is 42.5 Å². The SMILES string of the molecule is CC(C)c1cc(-c2ccc(OCC(=O)NCC3CCCO3)cc2)c(C#N)c(N)n1. The summed E-state index contributed by atoms with van der Waals surface area (Å²) < 4.78 is 11.0. The molecule has 1 aliphatic rings. The van der Waals surface area contributed by atoms with Gasteiger partial charge in [0.15, 0.2) is 6.61 Å². The standard InChI is InChI=1S/C22H26N4O3/c1-14(2)20-10-18(19(11-23)22(24)26-20)15-5-7-16(8-6-15)29-13-21(27)25-12-17-4-3-9-28-17/h5-8,10,14,17H,3-4,9,12-13H2,1-2H3,(H2,24,26)(H,25,27). The fourth-order valence-electron chi connectivity index (χ4n) is 3.19. The van der Waals surface area contributed by atoms with Gasteiger partial charge in [0.1, 0.15) is 23.2 Å². The zero-order valence-electron chi connectivity index (χ0n) is 16.8. The van der Waals surface area contributed by atoms with E-state index in [1.165, 1.54) is 0 Å². The van der Waals surface area contributed by atoms with Gasteiger partial charge in [0.25, 0.3) is 5.91 Å². The number of nitrogens with one attached hydrogen (secondary N) is 1. The predicted molar refractivity (Wildman–Crippen MR) is 110 cm³/mol. The highest BCUT2D eigenvalue weighted by atomic mass is 16.5. The van der Waals surface area contributed by atoms with Crippen molar-refractivity contribution < 1.29 is 14.3 Å². The lowest BCUT2D eigenvalue weighted by atomic mass is 9.97. The van der Waals surface area contributed by atoms with E-state index in [1.807, 2.05) is 32.0 Å². The summed E-state index contributed by atoms with van der Waals surface area (Å²) in [4.78, 5) is 16.3. The molecule has 152 valence electrons. The van der Waals surface area contributed by atoms with E-state index in [0.717, 1.165) is 36.3 Å². The number of carbonyl (C=O) groups excluding carboxylic acids is 1. The van der Waals surface area contributed by atoms with E-state index in [0.29, 0.717) is 17.9 Å². The molecule has 0 aliphatic carbocycles. The molecule has 29 heavy (non-hydrogen) atoms. The lowest BCUT2D eigenvalue weighted by molar-refractivity contribution is -0.123. The van der Waals surface area contributed by atoms with Gasteiger partial charge in [-0.25, -0.2) is 4.98 Å². The Bertz CT molecular complexity index is 898. The van der Waals surface area contributed by atoms with Gasteiger partial charge in [0.05, 0.1) is 6.10 Å². The van der Waals surface area contributed by atoms with Crippen molar-refractivity contribution in [1.82, 2.24) is 10.3 Å². The molecular weight excluding hydrogens is 368 g/mol. The summed E-state index contributed by atoms with van der Waals surface area (Å²) >= 11 is 0. The van der Waals surface area contributed by atoms with E-state index >= 15 is 0 Å². The smallest absolute Gasteiger partial charge is 0.258 e. The maximum Gasteiger partial charge on any atom is 0.258 e. The monoisotopic (exact) mass is 394 g/mol. The Labute approximate surface area is 170 Å². The van der Waals surface area contributed by atoms with Gasteiger partial charge < -0.3 is 20.5 Å². The molecule has 3 rings (SSSR count). The topological polar surface area (TPSA) is 110 Å². The number of hydrogen-bond donors (Lipinski definition) is 2. The number of amides is 1. The third kappa shape index (κ3) is 5.24. The molecule has 1 aromatic heterocycles. The molecule has 1 atom stereocenters. The Balaban J connectivity index is 1.64. The number of anilines is 1. The molecule has 0 saturated carbocycles. The number of carbonyl (C=O) groups is 1. The number of benzene rings is 1. The van der Waals surface area contributed by atoms with Gasteiger partial charge >= 0.3 is 0 Å². The largest absolute Gasteiger partial charge is 0.484 e. The second-order valence-corrected chi connectivity index (χ2v) is 7.37. The molecule has 1 aliphatic heterocycles. The van der Waals surface area contributed by atoms with Crippen LogP contribution in [0.25, 0.3) is 11.1 Å². The number of hydrogen-bond acceptors (Lipinski definition) is 6. The van der Waals surface area contributed by atoms with Crippen LogP contribution in [-0.4, -0.2) is 36.8 Å². The summed E-state index contributed by atoms with van der Waals surface area (Å²) in [5, 5.41) is 12.3. The molecule has 0 bridgehead atoms. The molecule has 3 N–H and O–H groups in total. The van der Waals surface area contributed by atoms with Crippen molar-refractivity contribution in [3.8, 4) is 22.9 Å². The Kier molecular flexibility index (Phi) is 6.68. The Morgan fingerprint density at radius 1 is 1.41 bits per heavy atom. The molecule has 1 aromatic carbocycles. The zero-order valence-corrected chi connectivity index (χ0v) is 16.8. The average molecular weight is 394 g/mol. The Morgan fingerprint density at radius 2 is 2.17 bits per heavy atom. The van der Waals surface area contributed by atoms with Crippen molar-refractivity contribution in [3.05, 3.63) is 41.6 Å². The van der Waals surface area contributed by atoms with Crippen LogP contribution in [0.5, 0.6) is 5.75 Å². The van der Waals surface area contributed by atoms with E-state index in [2.05, 4.69) is 16.4 Å². The first-order valence-corrected chi connectivity index (χ1v) is 9.80. The van der Waals surface area contributed by atoms with Crippen LogP contribution in [0.3, 0.4) is 0 Å². The van der Waals surface area contributed by atoms with Crippen molar-refractivity contribution in [1.29, 1.82) is 5.26 Å². The molecule has 7 heteroatoms. The van der Waals surface area contributed by atoms with Crippen molar-refractivity contribution in [2.75, 3.05) is 25.5 Å². The summed E-state index contributed by atoms with van der Waals surface area (Å²) in [6, 6.07) is 11.3. The number of rotatable bonds is 7. The predicted octanol–water partition coefficient (Wildman–Crippen LogP) is 3.00.